The zero-order valence-electron chi connectivity index (χ0n) is 13.3. The molecule has 2 rings (SSSR count). The van der Waals surface area contributed by atoms with Gasteiger partial charge in [-0.2, -0.15) is 5.30 Å². The van der Waals surface area contributed by atoms with E-state index in [1.807, 2.05) is 54.6 Å². The molecule has 0 aliphatic carbocycles. The Morgan fingerprint density at radius 3 is 2.32 bits per heavy atom. The van der Waals surface area contributed by atoms with Gasteiger partial charge in [-0.1, -0.05) is 62.2 Å². The van der Waals surface area contributed by atoms with E-state index < -0.39 is 0 Å². The molecule has 0 heterocycles. The third kappa shape index (κ3) is 6.37. The van der Waals surface area contributed by atoms with Gasteiger partial charge in [0.25, 0.3) is 0 Å². The third-order valence-electron chi connectivity index (χ3n) is 3.10. The average Bonchev–Trinajstić information content (AvgIpc) is 2.54. The molecule has 0 N–H and O–H groups in total. The summed E-state index contributed by atoms with van der Waals surface area (Å²) in [4.78, 5) is 12.1. The molecular weight excluding hydrogens is 286 g/mol. The van der Waals surface area contributed by atoms with Crippen LogP contribution < -0.4 is 28.9 Å². The number of rotatable bonds is 8. The van der Waals surface area contributed by atoms with E-state index in [2.05, 4.69) is 6.92 Å². The summed E-state index contributed by atoms with van der Waals surface area (Å²) >= 11 is 0. The third-order valence-corrected chi connectivity index (χ3v) is 4.12. The van der Waals surface area contributed by atoms with Crippen LogP contribution >= 0.6 is 8.58 Å². The Kier molecular flexibility index (Phi) is 9.17. The van der Waals surface area contributed by atoms with Crippen LogP contribution in [-0.2, 0) is 0 Å². The molecule has 4 heteroatoms. The Balaban J connectivity index is 0.00000242. The van der Waals surface area contributed by atoms with Crippen LogP contribution in [0.4, 0.5) is 0 Å². The Morgan fingerprint density at radius 2 is 1.68 bits per heavy atom. The van der Waals surface area contributed by atoms with Crippen molar-refractivity contribution in [2.24, 2.45) is 0 Å². The summed E-state index contributed by atoms with van der Waals surface area (Å²) in [5.41, 5.74) is 0.867. The first-order valence-corrected chi connectivity index (χ1v) is 8.23. The molecule has 0 aliphatic rings. The molecule has 0 amide bonds. The van der Waals surface area contributed by atoms with E-state index in [0.717, 1.165) is 29.6 Å². The first-order chi connectivity index (χ1) is 10.3. The van der Waals surface area contributed by atoms with Crippen LogP contribution in [0.2, 0.25) is 0 Å². The minimum atomic E-state index is 0. The van der Waals surface area contributed by atoms with Crippen molar-refractivity contribution < 1.29 is 28.4 Å². The fourth-order valence-electron chi connectivity index (χ4n) is 1.92. The molecule has 22 heavy (non-hydrogen) atoms. The van der Waals surface area contributed by atoms with Crippen LogP contribution in [0.25, 0.3) is 0 Å². The first kappa shape index (κ1) is 19.0. The van der Waals surface area contributed by atoms with Gasteiger partial charge in [0.1, 0.15) is 5.75 Å². The number of carbonyl (C=O) groups is 1. The smallest absolute Gasteiger partial charge is 0.494 e. The van der Waals surface area contributed by atoms with Crippen LogP contribution in [0.5, 0.6) is 5.75 Å². The van der Waals surface area contributed by atoms with Gasteiger partial charge in [0.05, 0.1) is 6.61 Å². The fraction of sp³-hybridized carbons (Fsp3) is 0.278. The molecule has 0 unspecified atom stereocenters. The normalized spacial score (nSPS) is 10.4. The van der Waals surface area contributed by atoms with Crippen molar-refractivity contribution in [3.8, 4) is 5.75 Å². The second-order valence-corrected chi connectivity index (χ2v) is 5.98. The number of unbranched alkanes of at least 4 members (excludes halogenated alkanes) is 2. The fourth-order valence-corrected chi connectivity index (χ4v) is 2.73. The second-order valence-electron chi connectivity index (χ2n) is 4.83. The zero-order chi connectivity index (χ0) is 14.9. The van der Waals surface area contributed by atoms with Crippen molar-refractivity contribution in [3.05, 3.63) is 60.2 Å². The van der Waals surface area contributed by atoms with Gasteiger partial charge in [-0.3, -0.25) is 0 Å². The van der Waals surface area contributed by atoms with Gasteiger partial charge in [-0.05, 0) is 24.1 Å². The van der Waals surface area contributed by atoms with E-state index >= 15 is 0 Å². The largest absolute Gasteiger partial charge is 1.00 e. The molecule has 2 aromatic carbocycles. The van der Waals surface area contributed by atoms with Crippen LogP contribution in [0, 0.1) is 0 Å². The van der Waals surface area contributed by atoms with Gasteiger partial charge >= 0.3 is 18.9 Å². The minimum Gasteiger partial charge on any atom is -0.494 e. The Hall–Kier alpha value is -1.06. The van der Waals surface area contributed by atoms with Gasteiger partial charge in [0.2, 0.25) is 0 Å². The molecule has 2 aromatic rings. The SMILES string of the molecule is CCCCCOc1ccc([P-]C(=O)c2ccccc2)cc1.[Li+]. The molecular formula is C18H20LiO2P. The Bertz CT molecular complexity index is 555. The van der Waals surface area contributed by atoms with E-state index in [9.17, 15) is 4.79 Å². The van der Waals surface area contributed by atoms with Gasteiger partial charge in [0.15, 0.2) is 0 Å². The second kappa shape index (κ2) is 10.6. The van der Waals surface area contributed by atoms with Crippen molar-refractivity contribution in [1.82, 2.24) is 0 Å². The Morgan fingerprint density at radius 1 is 1.00 bits per heavy atom. The first-order valence-electron chi connectivity index (χ1n) is 7.33. The average molecular weight is 306 g/mol. The summed E-state index contributed by atoms with van der Waals surface area (Å²) in [6.07, 6.45) is 3.48. The predicted molar refractivity (Wildman–Crippen MR) is 88.8 cm³/mol. The van der Waals surface area contributed by atoms with Crippen molar-refractivity contribution >= 4 is 19.4 Å². The van der Waals surface area contributed by atoms with Crippen molar-refractivity contribution in [2.45, 2.75) is 26.2 Å². The quantitative estimate of drug-likeness (QED) is 0.421. The summed E-state index contributed by atoms with van der Waals surface area (Å²) in [6.45, 7) is 2.94. The number of benzene rings is 2. The Labute approximate surface area is 146 Å². The molecule has 0 spiro atoms. The van der Waals surface area contributed by atoms with E-state index in [4.69, 9.17) is 4.74 Å². The molecule has 2 nitrogen and oxygen atoms in total. The molecule has 0 aliphatic heterocycles. The van der Waals surface area contributed by atoms with Gasteiger partial charge in [0, 0.05) is 5.52 Å². The number of carbonyl (C=O) groups excluding carboxylic acids is 1. The molecule has 110 valence electrons. The molecule has 0 aromatic heterocycles. The topological polar surface area (TPSA) is 26.3 Å². The zero-order valence-corrected chi connectivity index (χ0v) is 14.2. The van der Waals surface area contributed by atoms with Crippen molar-refractivity contribution in [2.75, 3.05) is 6.61 Å². The number of ether oxygens (including phenoxy) is 1. The molecule has 0 saturated carbocycles. The molecule has 0 radical (unpaired) electrons. The van der Waals surface area contributed by atoms with Crippen LogP contribution in [0.15, 0.2) is 54.6 Å². The van der Waals surface area contributed by atoms with Crippen LogP contribution in [0.3, 0.4) is 0 Å². The maximum Gasteiger partial charge on any atom is 1.00 e. The van der Waals surface area contributed by atoms with Gasteiger partial charge < -0.3 is 18.1 Å². The molecule has 0 bridgehead atoms. The summed E-state index contributed by atoms with van der Waals surface area (Å²) < 4.78 is 5.66. The summed E-state index contributed by atoms with van der Waals surface area (Å²) in [7, 11) is 0.701. The van der Waals surface area contributed by atoms with Gasteiger partial charge in [-0.15, -0.1) is 0 Å². The summed E-state index contributed by atoms with van der Waals surface area (Å²) in [6, 6.07) is 17.2. The van der Waals surface area contributed by atoms with Crippen molar-refractivity contribution in [3.63, 3.8) is 0 Å². The van der Waals surface area contributed by atoms with E-state index in [-0.39, 0.29) is 24.4 Å². The standard InChI is InChI=1S/C18H20O2P.Li/c1-2-3-7-14-20-16-10-12-17(13-11-16)21-18(19)15-8-5-4-6-9-15;/h4-6,8-13H,2-3,7,14H2,1H3;/q-1;+1. The van der Waals surface area contributed by atoms with Crippen LogP contribution in [-0.4, -0.2) is 12.1 Å². The minimum absolute atomic E-state index is 0. The van der Waals surface area contributed by atoms with Crippen LogP contribution in [0.1, 0.15) is 36.5 Å². The molecule has 0 atom stereocenters. The summed E-state index contributed by atoms with van der Waals surface area (Å²) in [5.74, 6) is 0.872. The maximum absolute atomic E-state index is 12.1. The molecule has 0 fully saturated rings. The van der Waals surface area contributed by atoms with Gasteiger partial charge in [-0.25, -0.2) is 0 Å². The van der Waals surface area contributed by atoms with Crippen molar-refractivity contribution in [1.29, 1.82) is 0 Å². The van der Waals surface area contributed by atoms with E-state index in [1.165, 1.54) is 12.8 Å². The van der Waals surface area contributed by atoms with E-state index in [0.29, 0.717) is 8.58 Å². The molecule has 0 saturated heterocycles. The number of hydrogen-bond acceptors (Lipinski definition) is 2. The predicted octanol–water partition coefficient (Wildman–Crippen LogP) is 1.67. The summed E-state index contributed by atoms with van der Waals surface area (Å²) in [5, 5.41) is 0.991. The monoisotopic (exact) mass is 306 g/mol. The number of hydrogen-bond donors (Lipinski definition) is 0. The van der Waals surface area contributed by atoms with E-state index in [1.54, 1.807) is 0 Å². The maximum atomic E-state index is 12.1.